The van der Waals surface area contributed by atoms with Gasteiger partial charge in [-0.05, 0) is 37.1 Å². The number of hydrogen-bond acceptors (Lipinski definition) is 2. The van der Waals surface area contributed by atoms with Crippen LogP contribution in [0.15, 0.2) is 36.4 Å². The van der Waals surface area contributed by atoms with Crippen LogP contribution in [0.2, 0.25) is 5.02 Å². The third-order valence-corrected chi connectivity index (χ3v) is 4.66. The predicted octanol–water partition coefficient (Wildman–Crippen LogP) is 4.38. The minimum Gasteiger partial charge on any atom is -0.321 e. The molecular formula is C15H18ClNS. The molecule has 0 amide bonds. The molecule has 1 aromatic carbocycles. The lowest BCUT2D eigenvalue weighted by molar-refractivity contribution is 0.496. The summed E-state index contributed by atoms with van der Waals surface area (Å²) >= 11 is 8.07. The van der Waals surface area contributed by atoms with Gasteiger partial charge in [0.05, 0.1) is 0 Å². The van der Waals surface area contributed by atoms with E-state index >= 15 is 0 Å². The first-order valence-electron chi connectivity index (χ1n) is 6.14. The van der Waals surface area contributed by atoms with Gasteiger partial charge in [0.1, 0.15) is 0 Å². The lowest BCUT2D eigenvalue weighted by Gasteiger charge is -2.25. The van der Waals surface area contributed by atoms with E-state index in [0.717, 1.165) is 23.4 Å². The van der Waals surface area contributed by atoms with Gasteiger partial charge in [0, 0.05) is 26.7 Å². The smallest absolute Gasteiger partial charge is 0.0456 e. The molecule has 0 saturated heterocycles. The first kappa shape index (κ1) is 13.6. The topological polar surface area (TPSA) is 26.0 Å². The SMILES string of the molecule is CCc1ccc(CC(C)(N)c2ccccc2Cl)s1. The highest BCUT2D eigenvalue weighted by molar-refractivity contribution is 7.12. The van der Waals surface area contributed by atoms with E-state index in [4.69, 9.17) is 17.3 Å². The maximum absolute atomic E-state index is 6.44. The van der Waals surface area contributed by atoms with Crippen LogP contribution >= 0.6 is 22.9 Å². The molecule has 1 unspecified atom stereocenters. The van der Waals surface area contributed by atoms with Crippen LogP contribution in [-0.2, 0) is 18.4 Å². The molecule has 0 radical (unpaired) electrons. The Morgan fingerprint density at radius 2 is 1.83 bits per heavy atom. The second-order valence-corrected chi connectivity index (χ2v) is 6.46. The Kier molecular flexibility index (Phi) is 4.10. The molecule has 3 heteroatoms. The summed E-state index contributed by atoms with van der Waals surface area (Å²) in [7, 11) is 0. The van der Waals surface area contributed by atoms with Crippen LogP contribution < -0.4 is 5.73 Å². The van der Waals surface area contributed by atoms with Crippen LogP contribution in [0.3, 0.4) is 0 Å². The molecule has 0 fully saturated rings. The Hall–Kier alpha value is -0.830. The summed E-state index contributed by atoms with van der Waals surface area (Å²) in [5.74, 6) is 0. The van der Waals surface area contributed by atoms with E-state index in [1.165, 1.54) is 9.75 Å². The monoisotopic (exact) mass is 279 g/mol. The third-order valence-electron chi connectivity index (χ3n) is 3.10. The maximum Gasteiger partial charge on any atom is 0.0456 e. The molecule has 0 spiro atoms. The van der Waals surface area contributed by atoms with Gasteiger partial charge in [-0.3, -0.25) is 0 Å². The number of aryl methyl sites for hydroxylation is 1. The standard InChI is InChI=1S/C15H18ClNS/c1-3-11-8-9-12(18-11)10-15(2,17)13-6-4-5-7-14(13)16/h4-9H,3,10,17H2,1-2H3. The molecule has 1 atom stereocenters. The van der Waals surface area contributed by atoms with Crippen LogP contribution in [0.4, 0.5) is 0 Å². The molecule has 2 N–H and O–H groups in total. The molecule has 2 rings (SSSR count). The number of nitrogens with two attached hydrogens (primary N) is 1. The van der Waals surface area contributed by atoms with E-state index in [-0.39, 0.29) is 0 Å². The second kappa shape index (κ2) is 5.43. The zero-order chi connectivity index (χ0) is 13.2. The Balaban J connectivity index is 2.24. The zero-order valence-electron chi connectivity index (χ0n) is 10.7. The van der Waals surface area contributed by atoms with Crippen molar-refractivity contribution in [2.24, 2.45) is 5.73 Å². The van der Waals surface area contributed by atoms with Crippen LogP contribution in [0.25, 0.3) is 0 Å². The molecule has 0 aliphatic rings. The molecule has 1 nitrogen and oxygen atoms in total. The quantitative estimate of drug-likeness (QED) is 0.883. The predicted molar refractivity (Wildman–Crippen MR) is 80.4 cm³/mol. The summed E-state index contributed by atoms with van der Waals surface area (Å²) in [5, 5.41) is 0.745. The summed E-state index contributed by atoms with van der Waals surface area (Å²) in [5.41, 5.74) is 7.03. The Bertz CT molecular complexity index is 531. The normalized spacial score (nSPS) is 14.4. The number of hydrogen-bond donors (Lipinski definition) is 1. The molecule has 18 heavy (non-hydrogen) atoms. The summed E-state index contributed by atoms with van der Waals surface area (Å²) in [6.45, 7) is 4.21. The van der Waals surface area contributed by atoms with Crippen molar-refractivity contribution in [2.45, 2.75) is 32.2 Å². The maximum atomic E-state index is 6.44. The third kappa shape index (κ3) is 2.94. The molecule has 0 aliphatic carbocycles. The molecule has 1 aromatic heterocycles. The van der Waals surface area contributed by atoms with Gasteiger partial charge >= 0.3 is 0 Å². The number of rotatable bonds is 4. The van der Waals surface area contributed by atoms with Crippen molar-refractivity contribution in [2.75, 3.05) is 0 Å². The minimum absolute atomic E-state index is 0.422. The fourth-order valence-electron chi connectivity index (χ4n) is 2.09. The van der Waals surface area contributed by atoms with Crippen molar-refractivity contribution >= 4 is 22.9 Å². The van der Waals surface area contributed by atoms with Crippen molar-refractivity contribution in [3.8, 4) is 0 Å². The number of halogens is 1. The fraction of sp³-hybridized carbons (Fsp3) is 0.333. The second-order valence-electron chi connectivity index (χ2n) is 4.80. The molecule has 0 bridgehead atoms. The van der Waals surface area contributed by atoms with Gasteiger partial charge in [0.15, 0.2) is 0 Å². The number of benzene rings is 1. The van der Waals surface area contributed by atoms with Crippen molar-refractivity contribution in [1.82, 2.24) is 0 Å². The van der Waals surface area contributed by atoms with Gasteiger partial charge in [-0.2, -0.15) is 0 Å². The van der Waals surface area contributed by atoms with Gasteiger partial charge < -0.3 is 5.73 Å². The van der Waals surface area contributed by atoms with Gasteiger partial charge in [-0.25, -0.2) is 0 Å². The van der Waals surface area contributed by atoms with Crippen LogP contribution in [0.5, 0.6) is 0 Å². The molecule has 96 valence electrons. The number of thiophene rings is 1. The van der Waals surface area contributed by atoms with E-state index in [2.05, 4.69) is 19.1 Å². The van der Waals surface area contributed by atoms with Gasteiger partial charge in [-0.1, -0.05) is 36.7 Å². The largest absolute Gasteiger partial charge is 0.321 e. The van der Waals surface area contributed by atoms with E-state index in [1.54, 1.807) is 0 Å². The molecule has 0 saturated carbocycles. The summed E-state index contributed by atoms with van der Waals surface area (Å²) in [6, 6.07) is 12.2. The summed E-state index contributed by atoms with van der Waals surface area (Å²) < 4.78 is 0. The van der Waals surface area contributed by atoms with Crippen molar-refractivity contribution in [3.05, 3.63) is 56.7 Å². The van der Waals surface area contributed by atoms with E-state index in [1.807, 2.05) is 42.5 Å². The van der Waals surface area contributed by atoms with Crippen LogP contribution in [0.1, 0.15) is 29.2 Å². The van der Waals surface area contributed by atoms with Crippen molar-refractivity contribution < 1.29 is 0 Å². The van der Waals surface area contributed by atoms with E-state index in [0.29, 0.717) is 0 Å². The zero-order valence-corrected chi connectivity index (χ0v) is 12.3. The molecule has 2 aromatic rings. The Labute approximate surface area is 118 Å². The fourth-order valence-corrected chi connectivity index (χ4v) is 3.57. The Morgan fingerprint density at radius 3 is 2.44 bits per heavy atom. The van der Waals surface area contributed by atoms with Crippen LogP contribution in [-0.4, -0.2) is 0 Å². The first-order chi connectivity index (χ1) is 8.53. The molecule has 0 aliphatic heterocycles. The van der Waals surface area contributed by atoms with Gasteiger partial charge in [-0.15, -0.1) is 11.3 Å². The van der Waals surface area contributed by atoms with Gasteiger partial charge in [0.25, 0.3) is 0 Å². The Morgan fingerprint density at radius 1 is 1.17 bits per heavy atom. The highest BCUT2D eigenvalue weighted by Crippen LogP contribution is 2.31. The van der Waals surface area contributed by atoms with Crippen molar-refractivity contribution in [1.29, 1.82) is 0 Å². The average molecular weight is 280 g/mol. The molecular weight excluding hydrogens is 262 g/mol. The highest BCUT2D eigenvalue weighted by atomic mass is 35.5. The lowest BCUT2D eigenvalue weighted by Crippen LogP contribution is -2.35. The highest BCUT2D eigenvalue weighted by Gasteiger charge is 2.24. The van der Waals surface area contributed by atoms with Crippen LogP contribution in [0, 0.1) is 0 Å². The summed E-state index contributed by atoms with van der Waals surface area (Å²) in [6.07, 6.45) is 1.90. The van der Waals surface area contributed by atoms with Crippen molar-refractivity contribution in [3.63, 3.8) is 0 Å². The molecule has 1 heterocycles. The van der Waals surface area contributed by atoms with E-state index < -0.39 is 5.54 Å². The first-order valence-corrected chi connectivity index (χ1v) is 7.34. The minimum atomic E-state index is -0.422. The average Bonchev–Trinajstić information content (AvgIpc) is 2.76. The summed E-state index contributed by atoms with van der Waals surface area (Å²) in [4.78, 5) is 2.72. The van der Waals surface area contributed by atoms with E-state index in [9.17, 15) is 0 Å². The van der Waals surface area contributed by atoms with Gasteiger partial charge in [0.2, 0.25) is 0 Å². The lowest BCUT2D eigenvalue weighted by atomic mass is 9.89.